The van der Waals surface area contributed by atoms with Crippen LogP contribution in [0.4, 0.5) is 15.8 Å². The second-order valence-electron chi connectivity index (χ2n) is 9.96. The van der Waals surface area contributed by atoms with Crippen molar-refractivity contribution in [3.05, 3.63) is 89.5 Å². The number of anilines is 2. The first kappa shape index (κ1) is 27.3. The van der Waals surface area contributed by atoms with E-state index in [1.165, 1.54) is 24.3 Å². The molecule has 0 radical (unpaired) electrons. The number of aromatic nitrogens is 1. The molecule has 9 nitrogen and oxygen atoms in total. The maximum atomic E-state index is 13.5. The molecular formula is C30H33FN6O3. The number of benzene rings is 2. The van der Waals surface area contributed by atoms with Crippen molar-refractivity contribution in [2.75, 3.05) is 62.6 Å². The Morgan fingerprint density at radius 3 is 2.23 bits per heavy atom. The van der Waals surface area contributed by atoms with E-state index < -0.39 is 11.7 Å². The Hall–Kier alpha value is -4.31. The van der Waals surface area contributed by atoms with Crippen LogP contribution in [0.2, 0.25) is 0 Å². The minimum Gasteiger partial charge on any atom is -0.368 e. The van der Waals surface area contributed by atoms with E-state index in [1.807, 2.05) is 15.9 Å². The van der Waals surface area contributed by atoms with Crippen LogP contribution in [0, 0.1) is 5.82 Å². The molecular weight excluding hydrogens is 511 g/mol. The minimum absolute atomic E-state index is 0.0398. The van der Waals surface area contributed by atoms with Gasteiger partial charge in [-0.25, -0.2) is 4.39 Å². The first-order valence-corrected chi connectivity index (χ1v) is 13.6. The summed E-state index contributed by atoms with van der Waals surface area (Å²) in [6.07, 6.45) is 4.83. The zero-order valence-corrected chi connectivity index (χ0v) is 22.3. The fourth-order valence-electron chi connectivity index (χ4n) is 5.11. The van der Waals surface area contributed by atoms with E-state index in [2.05, 4.69) is 20.5 Å². The molecule has 2 saturated heterocycles. The smallest absolute Gasteiger partial charge is 0.255 e. The van der Waals surface area contributed by atoms with Gasteiger partial charge in [-0.1, -0.05) is 0 Å². The van der Waals surface area contributed by atoms with Crippen LogP contribution in [-0.2, 0) is 0 Å². The third-order valence-corrected chi connectivity index (χ3v) is 7.28. The topological polar surface area (TPSA) is 97.9 Å². The van der Waals surface area contributed by atoms with Crippen LogP contribution in [0.5, 0.6) is 0 Å². The first-order chi connectivity index (χ1) is 19.5. The molecule has 0 aliphatic carbocycles. The number of carbonyl (C=O) groups excluding carboxylic acids is 3. The second kappa shape index (κ2) is 12.7. The Kier molecular flexibility index (Phi) is 8.65. The number of pyridine rings is 1. The minimum atomic E-state index is -0.424. The number of carbonyl (C=O) groups is 3. The number of halogens is 1. The largest absolute Gasteiger partial charge is 0.368 e. The maximum Gasteiger partial charge on any atom is 0.255 e. The quantitative estimate of drug-likeness (QED) is 0.512. The molecule has 0 bridgehead atoms. The molecule has 0 saturated carbocycles. The number of rotatable bonds is 5. The van der Waals surface area contributed by atoms with E-state index >= 15 is 0 Å². The Balaban J connectivity index is 1.39. The molecule has 10 heteroatoms. The standard InChI is InChI=1S/C30H33FN6O3/c31-25-6-3-22(4-7-25)28(38)34-26-21-24(30(40)36-15-1-11-32-14-18-36)5-8-27(26)35-16-2-17-37(20-19-35)29(39)23-9-12-33-13-10-23/h3-10,12-13,21,32H,1-2,11,14-20H2,(H,34,38). The highest BCUT2D eigenvalue weighted by molar-refractivity contribution is 6.07. The Morgan fingerprint density at radius 1 is 0.725 bits per heavy atom. The van der Waals surface area contributed by atoms with Gasteiger partial charge >= 0.3 is 0 Å². The molecule has 1 aromatic heterocycles. The van der Waals surface area contributed by atoms with Crippen molar-refractivity contribution in [1.82, 2.24) is 20.1 Å². The van der Waals surface area contributed by atoms with Crippen LogP contribution in [0.1, 0.15) is 43.9 Å². The van der Waals surface area contributed by atoms with Gasteiger partial charge in [0.05, 0.1) is 11.4 Å². The lowest BCUT2D eigenvalue weighted by molar-refractivity contribution is 0.0759. The molecule has 40 heavy (non-hydrogen) atoms. The molecule has 5 rings (SSSR count). The molecule has 3 amide bonds. The summed E-state index contributed by atoms with van der Waals surface area (Å²) < 4.78 is 13.5. The number of hydrogen-bond donors (Lipinski definition) is 2. The van der Waals surface area contributed by atoms with E-state index in [9.17, 15) is 18.8 Å². The summed E-state index contributed by atoms with van der Waals surface area (Å²) in [5.41, 5.74) is 2.67. The highest BCUT2D eigenvalue weighted by Crippen LogP contribution is 2.30. The number of amides is 3. The first-order valence-electron chi connectivity index (χ1n) is 13.6. The molecule has 3 heterocycles. The van der Waals surface area contributed by atoms with Gasteiger partial charge in [-0.3, -0.25) is 19.4 Å². The molecule has 0 unspecified atom stereocenters. The molecule has 2 fully saturated rings. The van der Waals surface area contributed by atoms with Crippen molar-refractivity contribution >= 4 is 29.1 Å². The van der Waals surface area contributed by atoms with Gasteiger partial charge < -0.3 is 25.3 Å². The van der Waals surface area contributed by atoms with Gasteiger partial charge in [-0.05, 0) is 74.0 Å². The van der Waals surface area contributed by atoms with E-state index in [0.717, 1.165) is 31.6 Å². The van der Waals surface area contributed by atoms with Crippen molar-refractivity contribution in [2.24, 2.45) is 0 Å². The molecule has 2 N–H and O–H groups in total. The lowest BCUT2D eigenvalue weighted by Crippen LogP contribution is -2.35. The van der Waals surface area contributed by atoms with Crippen LogP contribution >= 0.6 is 0 Å². The molecule has 2 aliphatic heterocycles. The van der Waals surface area contributed by atoms with Gasteiger partial charge in [0.2, 0.25) is 0 Å². The second-order valence-corrected chi connectivity index (χ2v) is 9.96. The summed E-state index contributed by atoms with van der Waals surface area (Å²) in [6, 6.07) is 14.2. The third kappa shape index (κ3) is 6.45. The maximum absolute atomic E-state index is 13.5. The lowest BCUT2D eigenvalue weighted by Gasteiger charge is -2.27. The fourth-order valence-corrected chi connectivity index (χ4v) is 5.11. The van der Waals surface area contributed by atoms with E-state index in [-0.39, 0.29) is 11.8 Å². The van der Waals surface area contributed by atoms with Crippen molar-refractivity contribution in [2.45, 2.75) is 12.8 Å². The van der Waals surface area contributed by atoms with Crippen LogP contribution in [0.3, 0.4) is 0 Å². The van der Waals surface area contributed by atoms with Crippen molar-refractivity contribution in [1.29, 1.82) is 0 Å². The van der Waals surface area contributed by atoms with Crippen LogP contribution < -0.4 is 15.5 Å². The Labute approximate surface area is 233 Å². The normalized spacial score (nSPS) is 16.2. The van der Waals surface area contributed by atoms with E-state index in [1.54, 1.807) is 36.7 Å². The van der Waals surface area contributed by atoms with Crippen LogP contribution in [0.15, 0.2) is 67.0 Å². The van der Waals surface area contributed by atoms with Crippen molar-refractivity contribution in [3.8, 4) is 0 Å². The van der Waals surface area contributed by atoms with Gasteiger partial charge in [0, 0.05) is 74.9 Å². The van der Waals surface area contributed by atoms with Crippen molar-refractivity contribution < 1.29 is 18.8 Å². The molecule has 0 atom stereocenters. The molecule has 2 aromatic carbocycles. The SMILES string of the molecule is O=C(Nc1cc(C(=O)N2CCCNCC2)ccc1N1CCCN(C(=O)c2ccncc2)CC1)c1ccc(F)cc1. The highest BCUT2D eigenvalue weighted by atomic mass is 19.1. The summed E-state index contributed by atoms with van der Waals surface area (Å²) in [7, 11) is 0. The highest BCUT2D eigenvalue weighted by Gasteiger charge is 2.24. The monoisotopic (exact) mass is 544 g/mol. The van der Waals surface area contributed by atoms with E-state index in [4.69, 9.17) is 0 Å². The fraction of sp³-hybridized carbons (Fsp3) is 0.333. The predicted octanol–water partition coefficient (Wildman–Crippen LogP) is 3.26. The van der Waals surface area contributed by atoms with Gasteiger partial charge in [0.1, 0.15) is 5.82 Å². The van der Waals surface area contributed by atoms with Gasteiger partial charge in [-0.15, -0.1) is 0 Å². The summed E-state index contributed by atoms with van der Waals surface area (Å²) in [5.74, 6) is -0.944. The lowest BCUT2D eigenvalue weighted by atomic mass is 10.1. The zero-order chi connectivity index (χ0) is 27.9. The summed E-state index contributed by atoms with van der Waals surface area (Å²) in [5, 5.41) is 6.27. The Morgan fingerprint density at radius 2 is 1.43 bits per heavy atom. The van der Waals surface area contributed by atoms with Crippen LogP contribution in [-0.4, -0.2) is 84.9 Å². The zero-order valence-electron chi connectivity index (χ0n) is 22.3. The number of nitrogens with one attached hydrogen (secondary N) is 2. The number of nitrogens with zero attached hydrogens (tertiary/aromatic N) is 4. The molecule has 2 aliphatic rings. The molecule has 3 aromatic rings. The summed E-state index contributed by atoms with van der Waals surface area (Å²) in [6.45, 7) is 5.23. The third-order valence-electron chi connectivity index (χ3n) is 7.28. The number of hydrogen-bond acceptors (Lipinski definition) is 6. The van der Waals surface area contributed by atoms with Gasteiger partial charge in [-0.2, -0.15) is 0 Å². The summed E-state index contributed by atoms with van der Waals surface area (Å²) in [4.78, 5) is 49.3. The Bertz CT molecular complexity index is 1340. The predicted molar refractivity (Wildman–Crippen MR) is 151 cm³/mol. The van der Waals surface area contributed by atoms with Gasteiger partial charge in [0.15, 0.2) is 0 Å². The van der Waals surface area contributed by atoms with Gasteiger partial charge in [0.25, 0.3) is 17.7 Å². The molecule has 208 valence electrons. The average Bonchev–Trinajstić information content (AvgIpc) is 3.41. The molecule has 0 spiro atoms. The van der Waals surface area contributed by atoms with E-state index in [0.29, 0.717) is 61.6 Å². The summed E-state index contributed by atoms with van der Waals surface area (Å²) >= 11 is 0. The average molecular weight is 545 g/mol. The van der Waals surface area contributed by atoms with Crippen LogP contribution in [0.25, 0.3) is 0 Å². The van der Waals surface area contributed by atoms with Crippen molar-refractivity contribution in [3.63, 3.8) is 0 Å².